The van der Waals surface area contributed by atoms with Crippen LogP contribution in [0.15, 0.2) is 85.5 Å². The van der Waals surface area contributed by atoms with Crippen molar-refractivity contribution in [3.05, 3.63) is 102 Å². The van der Waals surface area contributed by atoms with Crippen LogP contribution in [0.5, 0.6) is 0 Å². The zero-order valence-corrected chi connectivity index (χ0v) is 41.0. The average Bonchev–Trinajstić information content (AvgIpc) is 4.05. The summed E-state index contributed by atoms with van der Waals surface area (Å²) in [5, 5.41) is 35.0. The number of rotatable bonds is 16. The fourth-order valence-corrected chi connectivity index (χ4v) is 8.59. The Balaban J connectivity index is 1.38. The summed E-state index contributed by atoms with van der Waals surface area (Å²) in [5.41, 5.74) is 8.10. The van der Waals surface area contributed by atoms with Gasteiger partial charge in [0.2, 0.25) is 47.3 Å². The van der Waals surface area contributed by atoms with Crippen LogP contribution in [0.1, 0.15) is 75.6 Å². The number of hydrogen-bond donors (Lipinski definition) is 13. The van der Waals surface area contributed by atoms with Gasteiger partial charge in [-0.15, -0.1) is 0 Å². The molecule has 14 N–H and O–H groups in total. The number of guanidine groups is 1. The number of unbranched alkanes of at least 4 members (excludes halogenated alkanes) is 1. The molecule has 1 saturated heterocycles. The smallest absolute Gasteiger partial charge is 0.243 e. The molecule has 2 aromatic heterocycles. The van der Waals surface area contributed by atoms with Gasteiger partial charge in [-0.3, -0.25) is 43.8 Å². The maximum Gasteiger partial charge on any atom is 0.243 e. The SMILES string of the molecule is CCCC[C@@H](NC(C)=O)C(=O)N[C@H]1CCC(=O)NCCNC(=O)[C@H](Cc2c[nH]c3ccccc23)NC(=O)[C@H](CCCNC(=N)N)NC(=O)[C@@H](Cc2ccc3ccccc3c2)NC(=O)[C@H](Cc2c[nH]cn2)NC1=O. The van der Waals surface area contributed by atoms with Crippen LogP contribution in [-0.4, -0.2) is 124 Å². The van der Waals surface area contributed by atoms with Crippen LogP contribution in [0.3, 0.4) is 0 Å². The Morgan fingerprint density at radius 2 is 1.44 bits per heavy atom. The number of fused-ring (bicyclic) bond motifs is 2. The second-order valence-electron chi connectivity index (χ2n) is 18.1. The molecule has 1 aliphatic heterocycles. The number of carbonyl (C=O) groups excluding carboxylic acids is 8. The third kappa shape index (κ3) is 16.4. The molecule has 5 aromatic rings. The van der Waals surface area contributed by atoms with E-state index in [1.165, 1.54) is 19.4 Å². The molecule has 0 saturated carbocycles. The van der Waals surface area contributed by atoms with Crippen LogP contribution >= 0.6 is 0 Å². The van der Waals surface area contributed by atoms with E-state index in [4.69, 9.17) is 11.1 Å². The minimum atomic E-state index is -1.41. The van der Waals surface area contributed by atoms with Gasteiger partial charge in [-0.05, 0) is 53.6 Å². The number of hydrogen-bond acceptors (Lipinski definition) is 10. The molecule has 1 aliphatic rings. The van der Waals surface area contributed by atoms with Gasteiger partial charge in [0.05, 0.1) is 12.0 Å². The minimum Gasteiger partial charge on any atom is -0.370 e. The number of para-hydroxylation sites is 1. The summed E-state index contributed by atoms with van der Waals surface area (Å²) in [6, 6.07) is 13.0. The molecule has 22 heteroatoms. The van der Waals surface area contributed by atoms with Crippen molar-refractivity contribution < 1.29 is 38.4 Å². The molecule has 388 valence electrons. The van der Waals surface area contributed by atoms with Crippen molar-refractivity contribution in [3.63, 3.8) is 0 Å². The summed E-state index contributed by atoms with van der Waals surface area (Å²) in [6.45, 7) is 3.25. The van der Waals surface area contributed by atoms with Crippen molar-refractivity contribution >= 4 is 74.9 Å². The van der Waals surface area contributed by atoms with E-state index in [1.807, 2.05) is 73.7 Å². The lowest BCUT2D eigenvalue weighted by molar-refractivity contribution is -0.135. The summed E-state index contributed by atoms with van der Waals surface area (Å²) in [5.74, 6) is -5.65. The van der Waals surface area contributed by atoms with Crippen LogP contribution in [0.4, 0.5) is 0 Å². The third-order valence-electron chi connectivity index (χ3n) is 12.4. The zero-order chi connectivity index (χ0) is 52.3. The molecule has 3 heterocycles. The molecule has 73 heavy (non-hydrogen) atoms. The molecule has 8 amide bonds. The minimum absolute atomic E-state index is 0.00807. The Morgan fingerprint density at radius 1 is 0.767 bits per heavy atom. The Hall–Kier alpha value is -8.30. The number of H-pyrrole nitrogens is 2. The van der Waals surface area contributed by atoms with Gasteiger partial charge in [0.25, 0.3) is 0 Å². The molecule has 22 nitrogen and oxygen atoms in total. The molecule has 0 unspecified atom stereocenters. The number of nitrogens with two attached hydrogens (primary N) is 1. The molecule has 0 aliphatic carbocycles. The van der Waals surface area contributed by atoms with E-state index in [0.717, 1.165) is 27.2 Å². The van der Waals surface area contributed by atoms with E-state index < -0.39 is 83.5 Å². The average molecular weight is 1000 g/mol. The number of nitrogens with one attached hydrogen (secondary N) is 12. The van der Waals surface area contributed by atoms with Crippen molar-refractivity contribution in [2.24, 2.45) is 5.73 Å². The summed E-state index contributed by atoms with van der Waals surface area (Å²) in [4.78, 5) is 122. The van der Waals surface area contributed by atoms with Crippen LogP contribution < -0.4 is 53.6 Å². The third-order valence-corrected chi connectivity index (χ3v) is 12.4. The van der Waals surface area contributed by atoms with Crippen molar-refractivity contribution in [1.29, 1.82) is 5.41 Å². The Labute approximate surface area is 422 Å². The first-order valence-electron chi connectivity index (χ1n) is 24.6. The van der Waals surface area contributed by atoms with E-state index in [2.05, 4.69) is 62.8 Å². The molecule has 0 spiro atoms. The molecular weight excluding hydrogens is 937 g/mol. The first-order chi connectivity index (χ1) is 35.2. The van der Waals surface area contributed by atoms with Crippen LogP contribution in [0, 0.1) is 5.41 Å². The lowest BCUT2D eigenvalue weighted by Gasteiger charge is -2.28. The number of nitrogens with zero attached hydrogens (tertiary/aromatic N) is 1. The van der Waals surface area contributed by atoms with Gasteiger partial charge in [-0.25, -0.2) is 4.98 Å². The first-order valence-corrected chi connectivity index (χ1v) is 24.6. The van der Waals surface area contributed by atoms with Crippen LogP contribution in [-0.2, 0) is 57.6 Å². The summed E-state index contributed by atoms with van der Waals surface area (Å²) in [7, 11) is 0. The first kappa shape index (κ1) is 54.0. The highest BCUT2D eigenvalue weighted by Gasteiger charge is 2.34. The lowest BCUT2D eigenvalue weighted by atomic mass is 9.99. The van der Waals surface area contributed by atoms with Gasteiger partial charge in [0, 0.05) is 75.5 Å². The molecule has 6 atom stereocenters. The van der Waals surface area contributed by atoms with E-state index in [-0.39, 0.29) is 77.0 Å². The highest BCUT2D eigenvalue weighted by molar-refractivity contribution is 5.98. The fraction of sp³-hybridized carbons (Fsp3) is 0.412. The van der Waals surface area contributed by atoms with Gasteiger partial charge >= 0.3 is 0 Å². The van der Waals surface area contributed by atoms with Gasteiger partial charge in [-0.1, -0.05) is 80.4 Å². The quantitative estimate of drug-likeness (QED) is 0.0366. The van der Waals surface area contributed by atoms with Crippen molar-refractivity contribution in [3.8, 4) is 0 Å². The number of carbonyl (C=O) groups is 8. The van der Waals surface area contributed by atoms with E-state index in [1.54, 1.807) is 6.20 Å². The van der Waals surface area contributed by atoms with E-state index in [9.17, 15) is 38.4 Å². The molecule has 0 bridgehead atoms. The van der Waals surface area contributed by atoms with E-state index >= 15 is 0 Å². The Bertz CT molecular complexity index is 2740. The summed E-state index contributed by atoms with van der Waals surface area (Å²) in [6.07, 6.45) is 5.76. The number of amides is 8. The summed E-state index contributed by atoms with van der Waals surface area (Å²) < 4.78 is 0. The number of aromatic nitrogens is 3. The lowest BCUT2D eigenvalue weighted by Crippen LogP contribution is -2.60. The van der Waals surface area contributed by atoms with Gasteiger partial charge in [0.1, 0.15) is 36.3 Å². The standard InChI is InChI=1S/C51H66N14O8/c1-3-4-13-38(60-30(2)66)46(69)62-40-18-19-44(67)55-21-22-56-45(68)42(25-34-27-58-37-14-8-7-12-36(34)37)64-47(70)39(15-9-20-57-51(52)53)61-49(72)41(24-31-16-17-32-10-5-6-11-33(32)23-31)63-50(73)43(65-48(40)71)26-35-28-54-29-59-35/h5-8,10-12,14,16-17,23,27-29,38-43,58H,3-4,9,13,15,18-22,24-26H2,1-2H3,(H,54,59)(H,55,67)(H,56,68)(H,60,66)(H,61,72)(H,62,69)(H,63,73)(H,64,70)(H,65,71)(H4,52,53,57)/t38-,39+,40+,41-,42+,43+/m1/s1. The monoisotopic (exact) mass is 1000 g/mol. The number of imidazole rings is 1. The highest BCUT2D eigenvalue weighted by atomic mass is 16.2. The second kappa shape index (κ2) is 26.8. The molecular formula is C51H66N14O8. The van der Waals surface area contributed by atoms with E-state index in [0.29, 0.717) is 24.1 Å². The van der Waals surface area contributed by atoms with Crippen LogP contribution in [0.2, 0.25) is 0 Å². The summed E-state index contributed by atoms with van der Waals surface area (Å²) >= 11 is 0. The maximum atomic E-state index is 14.8. The highest BCUT2D eigenvalue weighted by Crippen LogP contribution is 2.20. The Morgan fingerprint density at radius 3 is 2.16 bits per heavy atom. The fourth-order valence-electron chi connectivity index (χ4n) is 8.59. The van der Waals surface area contributed by atoms with Crippen molar-refractivity contribution in [1.82, 2.24) is 62.8 Å². The largest absolute Gasteiger partial charge is 0.370 e. The predicted octanol–water partition coefficient (Wildman–Crippen LogP) is 0.480. The molecule has 6 rings (SSSR count). The Kier molecular flexibility index (Phi) is 19.8. The molecule has 0 radical (unpaired) electrons. The zero-order valence-electron chi connectivity index (χ0n) is 41.0. The normalized spacial score (nSPS) is 20.2. The second-order valence-corrected chi connectivity index (χ2v) is 18.1. The van der Waals surface area contributed by atoms with Gasteiger partial charge in [-0.2, -0.15) is 0 Å². The molecule has 3 aromatic carbocycles. The molecule has 1 fully saturated rings. The van der Waals surface area contributed by atoms with Gasteiger partial charge in [0.15, 0.2) is 5.96 Å². The maximum absolute atomic E-state index is 14.8. The van der Waals surface area contributed by atoms with Crippen molar-refractivity contribution in [2.45, 2.75) is 114 Å². The van der Waals surface area contributed by atoms with Gasteiger partial charge < -0.3 is 63.6 Å². The van der Waals surface area contributed by atoms with Crippen LogP contribution in [0.25, 0.3) is 21.7 Å². The topological polar surface area (TPSA) is 339 Å². The predicted molar refractivity (Wildman–Crippen MR) is 273 cm³/mol. The van der Waals surface area contributed by atoms with Crippen molar-refractivity contribution in [2.75, 3.05) is 19.6 Å². The number of aromatic amines is 2. The number of benzene rings is 3.